The van der Waals surface area contributed by atoms with Gasteiger partial charge in [-0.2, -0.15) is 0 Å². The molecule has 0 amide bonds. The molecule has 262 valence electrons. The minimum absolute atomic E-state index is 0. The van der Waals surface area contributed by atoms with Crippen LogP contribution in [0.15, 0.2) is 0 Å². The van der Waals surface area contributed by atoms with Crippen molar-refractivity contribution in [1.82, 2.24) is 0 Å². The molecule has 2 aliphatic carbocycles. The van der Waals surface area contributed by atoms with E-state index >= 15 is 0 Å². The third kappa shape index (κ3) is 68.5. The van der Waals surface area contributed by atoms with Crippen LogP contribution in [0.5, 0.6) is 0 Å². The molecule has 0 spiro atoms. The minimum Gasteiger partial charge on any atom is -0.545 e. The maximum Gasteiger partial charge on any atom is 3.00 e. The van der Waals surface area contributed by atoms with Crippen molar-refractivity contribution in [1.29, 1.82) is 0 Å². The van der Waals surface area contributed by atoms with Crippen molar-refractivity contribution in [2.75, 3.05) is 14.2 Å². The molecule has 0 aromatic rings. The Bertz CT molecular complexity index is 362. The van der Waals surface area contributed by atoms with Crippen molar-refractivity contribution in [3.8, 4) is 0 Å². The van der Waals surface area contributed by atoms with Gasteiger partial charge in [-0.15, -0.1) is 0 Å². The van der Waals surface area contributed by atoms with E-state index < -0.39 is 24.2 Å². The summed E-state index contributed by atoms with van der Waals surface area (Å²) in [4.78, 5) is 15.5. The normalized spacial score (nSPS) is 12.8. The SMILES string of the molecule is CCC.CCC[Si](C)(C)C.CO.CO.C[Si](C)(C)C1CCCC1.C[Si](C)(C)C1CCCC1.[CH-]=O.[CH-]=O.[CH3-].[CH3-].[CH3-].[CH3-].[Mo+3].[Mo+3]. The topological polar surface area (TPSA) is 74.6 Å². The van der Waals surface area contributed by atoms with Gasteiger partial charge in [0.2, 0.25) is 0 Å². The zero-order chi connectivity index (χ0) is 30.4. The summed E-state index contributed by atoms with van der Waals surface area (Å²) in [5.74, 6) is 0. The predicted molar refractivity (Wildman–Crippen MR) is 201 cm³/mol. The first-order chi connectivity index (χ1) is 16.7. The second-order valence-electron chi connectivity index (χ2n) is 12.7. The van der Waals surface area contributed by atoms with Gasteiger partial charge in [0.25, 0.3) is 0 Å². The van der Waals surface area contributed by atoms with Crippen LogP contribution in [0.2, 0.25) is 76.0 Å². The van der Waals surface area contributed by atoms with E-state index in [2.05, 4.69) is 93.3 Å². The quantitative estimate of drug-likeness (QED) is 0.168. The summed E-state index contributed by atoms with van der Waals surface area (Å²) in [5.41, 5.74) is 2.30. The van der Waals surface area contributed by atoms with Crippen molar-refractivity contribution in [2.45, 2.75) is 161 Å². The third-order valence-electron chi connectivity index (χ3n) is 6.16. The van der Waals surface area contributed by atoms with E-state index in [0.717, 1.165) is 25.3 Å². The van der Waals surface area contributed by atoms with Crippen molar-refractivity contribution in [2.24, 2.45) is 0 Å². The van der Waals surface area contributed by atoms with Crippen LogP contribution in [-0.2, 0) is 51.7 Å². The molecule has 0 unspecified atom stereocenters. The molecule has 0 saturated heterocycles. The van der Waals surface area contributed by atoms with Crippen molar-refractivity contribution in [3.63, 3.8) is 0 Å². The van der Waals surface area contributed by atoms with Crippen LogP contribution >= 0.6 is 0 Å². The van der Waals surface area contributed by atoms with Gasteiger partial charge in [-0.1, -0.05) is 150 Å². The summed E-state index contributed by atoms with van der Waals surface area (Å²) in [6.07, 6.45) is 14.8. The van der Waals surface area contributed by atoms with E-state index in [1.165, 1.54) is 70.3 Å². The average molecular weight is 819 g/mol. The molecule has 2 N–H and O–H groups in total. The molecule has 42 heavy (non-hydrogen) atoms. The molecular formula is C33H82Mo2O4Si3. The van der Waals surface area contributed by atoms with Gasteiger partial charge in [0.15, 0.2) is 0 Å². The number of rotatable bonds is 4. The summed E-state index contributed by atoms with van der Waals surface area (Å²) in [7, 11) is -0.106. The van der Waals surface area contributed by atoms with Gasteiger partial charge in [-0.25, -0.2) is 0 Å². The van der Waals surface area contributed by atoms with E-state index in [1.807, 2.05) is 0 Å². The zero-order valence-corrected chi connectivity index (χ0v) is 39.1. The maximum absolute atomic E-state index is 7.75. The monoisotopic (exact) mass is 822 g/mol. The number of carbonyl (C=O) groups excluding carboxylic acids is 2. The van der Waals surface area contributed by atoms with Crippen LogP contribution in [-0.4, -0.2) is 62.2 Å². The van der Waals surface area contributed by atoms with E-state index in [9.17, 15) is 0 Å². The molecule has 4 nitrogen and oxygen atoms in total. The van der Waals surface area contributed by atoms with Crippen LogP contribution < -0.4 is 0 Å². The van der Waals surface area contributed by atoms with E-state index in [4.69, 9.17) is 19.8 Å². The Labute approximate surface area is 302 Å². The van der Waals surface area contributed by atoms with Crippen molar-refractivity contribution < 1.29 is 61.9 Å². The molecule has 0 atom stereocenters. The molecule has 0 heterocycles. The molecular weight excluding hydrogens is 736 g/mol. The Kier molecular flexibility index (Phi) is 103. The summed E-state index contributed by atoms with van der Waals surface area (Å²) in [6.45, 7) is 35.3. The Morgan fingerprint density at radius 1 is 0.524 bits per heavy atom. The van der Waals surface area contributed by atoms with Crippen molar-refractivity contribution >= 4 is 37.8 Å². The number of hydrogen-bond donors (Lipinski definition) is 2. The van der Waals surface area contributed by atoms with Crippen LogP contribution in [0.3, 0.4) is 0 Å². The Hall–Kier alpha value is 1.29. The van der Waals surface area contributed by atoms with E-state index in [0.29, 0.717) is 0 Å². The fourth-order valence-electron chi connectivity index (χ4n) is 4.33. The van der Waals surface area contributed by atoms with E-state index in [-0.39, 0.29) is 71.8 Å². The number of aliphatic hydroxyl groups is 2. The van der Waals surface area contributed by atoms with Crippen LogP contribution in [0.1, 0.15) is 85.0 Å². The van der Waals surface area contributed by atoms with Gasteiger partial charge in [-0.05, 0) is 11.1 Å². The van der Waals surface area contributed by atoms with E-state index in [1.54, 1.807) is 0 Å². The largest absolute Gasteiger partial charge is 3.00 e. The third-order valence-corrected chi connectivity index (χ3v) is 14.2. The molecule has 2 saturated carbocycles. The summed E-state index contributed by atoms with van der Waals surface area (Å²) >= 11 is 0. The predicted octanol–water partition coefficient (Wildman–Crippen LogP) is 11.2. The number of aliphatic hydroxyl groups excluding tert-OH is 2. The molecule has 2 radical (unpaired) electrons. The van der Waals surface area contributed by atoms with Crippen molar-refractivity contribution in [3.05, 3.63) is 29.7 Å². The molecule has 2 rings (SSSR count). The van der Waals surface area contributed by atoms with Gasteiger partial charge in [0, 0.05) is 38.4 Å². The Balaban J connectivity index is -0.0000000260. The van der Waals surface area contributed by atoms with Gasteiger partial charge >= 0.3 is 42.1 Å². The average Bonchev–Trinajstić information content (AvgIpc) is 3.54. The zero-order valence-electron chi connectivity index (χ0n) is 32.1. The molecule has 0 aliphatic heterocycles. The van der Waals surface area contributed by atoms with Gasteiger partial charge in [-0.3, -0.25) is 13.6 Å². The fraction of sp³-hybridized carbons (Fsp3) is 0.818. The van der Waals surface area contributed by atoms with Crippen LogP contribution in [0, 0.1) is 29.7 Å². The first-order valence-corrected chi connectivity index (χ1v) is 24.9. The van der Waals surface area contributed by atoms with Gasteiger partial charge < -0.3 is 49.5 Å². The molecule has 0 aromatic heterocycles. The molecule has 0 bridgehead atoms. The van der Waals surface area contributed by atoms with Crippen LogP contribution in [0.4, 0.5) is 0 Å². The standard InChI is InChI=1S/2C8H18Si.C6H16Si.C3H8.2CH4O.2CHO.4CH3.2Mo/c2*1-9(2,3)8-6-4-5-7-8;1-5-6-7(2,3)4;1-3-2;4*1-2;;;;;;/h2*8H,4-7H2,1-3H3;5-6H2,1-4H3;3H2,1-2H3;2*2H,1H3;2*1H;4*1H3;;/q;;;;;;6*-1;2*+3. The Morgan fingerprint density at radius 3 is 0.738 bits per heavy atom. The second-order valence-corrected chi connectivity index (χ2v) is 29.4. The first-order valence-electron chi connectivity index (χ1n) is 14.1. The summed E-state index contributed by atoms with van der Waals surface area (Å²) < 4.78 is 0. The molecule has 0 aromatic carbocycles. The first kappa shape index (κ1) is 79.1. The second kappa shape index (κ2) is 54.7. The summed E-state index contributed by atoms with van der Waals surface area (Å²) in [5, 5.41) is 14.0. The smallest absolute Gasteiger partial charge is 0.545 e. The number of hydrogen-bond acceptors (Lipinski definition) is 4. The summed E-state index contributed by atoms with van der Waals surface area (Å²) in [6, 6.07) is 1.48. The molecule has 2 fully saturated rings. The van der Waals surface area contributed by atoms with Crippen LogP contribution in [0.25, 0.3) is 0 Å². The maximum atomic E-state index is 7.75. The minimum atomic E-state index is -0.724. The van der Waals surface area contributed by atoms with Gasteiger partial charge in [0.05, 0.1) is 0 Å². The molecule has 9 heteroatoms. The fourth-order valence-corrected chi connectivity index (χ4v) is 10.1. The van der Waals surface area contributed by atoms with Gasteiger partial charge in [0.1, 0.15) is 0 Å². The Morgan fingerprint density at radius 2 is 0.690 bits per heavy atom. The molecule has 2 aliphatic rings.